The van der Waals surface area contributed by atoms with Crippen LogP contribution in [0.25, 0.3) is 11.3 Å². The summed E-state index contributed by atoms with van der Waals surface area (Å²) in [7, 11) is 0. The van der Waals surface area contributed by atoms with Gasteiger partial charge >= 0.3 is 0 Å². The molecule has 0 bridgehead atoms. The number of H-pyrrole nitrogens is 1. The maximum Gasteiger partial charge on any atom is 0.137 e. The fourth-order valence-electron chi connectivity index (χ4n) is 1.98. The average Bonchev–Trinajstić information content (AvgIpc) is 3.10. The van der Waals surface area contributed by atoms with Crippen LogP contribution in [0, 0.1) is 11.7 Å². The van der Waals surface area contributed by atoms with E-state index in [-0.39, 0.29) is 5.82 Å². The van der Waals surface area contributed by atoms with Gasteiger partial charge in [0.05, 0.1) is 22.9 Å². The summed E-state index contributed by atoms with van der Waals surface area (Å²) in [4.78, 5) is 7.59. The number of nitrogens with zero attached hydrogens (tertiary/aromatic N) is 1. The van der Waals surface area contributed by atoms with Crippen LogP contribution in [0.15, 0.2) is 28.9 Å². The van der Waals surface area contributed by atoms with Crippen molar-refractivity contribution in [3.8, 4) is 11.3 Å². The molecule has 1 aliphatic carbocycles. The third-order valence-corrected chi connectivity index (χ3v) is 3.89. The van der Waals surface area contributed by atoms with Crippen molar-refractivity contribution < 1.29 is 4.39 Å². The van der Waals surface area contributed by atoms with Crippen LogP contribution in [-0.2, 0) is 6.54 Å². The van der Waals surface area contributed by atoms with Gasteiger partial charge in [0.1, 0.15) is 11.6 Å². The molecule has 2 N–H and O–H groups in total. The molecule has 0 aliphatic heterocycles. The van der Waals surface area contributed by atoms with Gasteiger partial charge in [-0.1, -0.05) is 0 Å². The van der Waals surface area contributed by atoms with E-state index in [4.69, 9.17) is 0 Å². The molecule has 3 nitrogen and oxygen atoms in total. The minimum Gasteiger partial charge on any atom is -0.341 e. The zero-order chi connectivity index (χ0) is 13.2. The van der Waals surface area contributed by atoms with Crippen molar-refractivity contribution in [1.82, 2.24) is 15.3 Å². The number of benzene rings is 1. The molecule has 19 heavy (non-hydrogen) atoms. The fourth-order valence-corrected chi connectivity index (χ4v) is 2.36. The van der Waals surface area contributed by atoms with Crippen LogP contribution in [0.5, 0.6) is 0 Å². The lowest BCUT2D eigenvalue weighted by molar-refractivity contribution is 0.621. The molecule has 1 heterocycles. The SMILES string of the molecule is Fc1ccc(-c2cnc(CNCC3CC3)[nH]2)cc1Br. The number of hydrogen-bond donors (Lipinski definition) is 2. The quantitative estimate of drug-likeness (QED) is 0.884. The van der Waals surface area contributed by atoms with Gasteiger partial charge in [-0.2, -0.15) is 0 Å². The maximum atomic E-state index is 13.2. The Morgan fingerprint density at radius 3 is 3.00 bits per heavy atom. The van der Waals surface area contributed by atoms with Gasteiger partial charge in [-0.25, -0.2) is 9.37 Å². The van der Waals surface area contributed by atoms with Crippen LogP contribution >= 0.6 is 15.9 Å². The predicted molar refractivity (Wildman–Crippen MR) is 76.1 cm³/mol. The van der Waals surface area contributed by atoms with Crippen molar-refractivity contribution in [2.75, 3.05) is 6.54 Å². The Labute approximate surface area is 119 Å². The number of halogens is 2. The molecule has 0 saturated heterocycles. The van der Waals surface area contributed by atoms with Gasteiger partial charge in [0.25, 0.3) is 0 Å². The van der Waals surface area contributed by atoms with Crippen LogP contribution in [0.4, 0.5) is 4.39 Å². The van der Waals surface area contributed by atoms with Crippen LogP contribution < -0.4 is 5.32 Å². The van der Waals surface area contributed by atoms with Gasteiger partial charge in [-0.05, 0) is 59.4 Å². The minimum absolute atomic E-state index is 0.255. The van der Waals surface area contributed by atoms with Gasteiger partial charge in [-0.15, -0.1) is 0 Å². The average molecular weight is 324 g/mol. The molecular formula is C14H15BrFN3. The van der Waals surface area contributed by atoms with Gasteiger partial charge in [0, 0.05) is 5.56 Å². The highest BCUT2D eigenvalue weighted by atomic mass is 79.9. The zero-order valence-electron chi connectivity index (χ0n) is 10.4. The molecule has 1 fully saturated rings. The predicted octanol–water partition coefficient (Wildman–Crippen LogP) is 3.48. The normalized spacial score (nSPS) is 14.8. The number of nitrogens with one attached hydrogen (secondary N) is 2. The monoisotopic (exact) mass is 323 g/mol. The van der Waals surface area contributed by atoms with Gasteiger partial charge in [0.15, 0.2) is 0 Å². The highest BCUT2D eigenvalue weighted by molar-refractivity contribution is 9.10. The molecular weight excluding hydrogens is 309 g/mol. The van der Waals surface area contributed by atoms with E-state index in [1.54, 1.807) is 18.3 Å². The molecule has 100 valence electrons. The molecule has 0 radical (unpaired) electrons. The summed E-state index contributed by atoms with van der Waals surface area (Å²) in [6.07, 6.45) is 4.48. The Morgan fingerprint density at radius 2 is 2.26 bits per heavy atom. The number of hydrogen-bond acceptors (Lipinski definition) is 2. The van der Waals surface area contributed by atoms with Crippen LogP contribution in [-0.4, -0.2) is 16.5 Å². The summed E-state index contributed by atoms with van der Waals surface area (Å²) < 4.78 is 13.7. The molecule has 0 atom stereocenters. The number of aromatic amines is 1. The van der Waals surface area contributed by atoms with E-state index in [1.807, 2.05) is 0 Å². The molecule has 1 aromatic heterocycles. The molecule has 1 saturated carbocycles. The first-order valence-corrected chi connectivity index (χ1v) is 7.21. The standard InChI is InChI=1S/C14H15BrFN3/c15-11-5-10(3-4-12(11)16)13-7-18-14(19-13)8-17-6-9-1-2-9/h3-5,7,9,17H,1-2,6,8H2,(H,18,19). The van der Waals surface area contributed by atoms with E-state index < -0.39 is 0 Å². The summed E-state index contributed by atoms with van der Waals surface area (Å²) in [5, 5.41) is 3.39. The lowest BCUT2D eigenvalue weighted by Crippen LogP contribution is -2.16. The summed E-state index contributed by atoms with van der Waals surface area (Å²) >= 11 is 3.19. The second-order valence-corrected chi connectivity index (χ2v) is 5.80. The van der Waals surface area contributed by atoms with E-state index in [1.165, 1.54) is 18.9 Å². The van der Waals surface area contributed by atoms with Crippen LogP contribution in [0.1, 0.15) is 18.7 Å². The van der Waals surface area contributed by atoms with Crippen LogP contribution in [0.3, 0.4) is 0 Å². The van der Waals surface area contributed by atoms with Crippen LogP contribution in [0.2, 0.25) is 0 Å². The highest BCUT2D eigenvalue weighted by Crippen LogP contribution is 2.27. The van der Waals surface area contributed by atoms with E-state index in [9.17, 15) is 4.39 Å². The van der Waals surface area contributed by atoms with Gasteiger partial charge in [-0.3, -0.25) is 0 Å². The topological polar surface area (TPSA) is 40.7 Å². The fraction of sp³-hybridized carbons (Fsp3) is 0.357. The van der Waals surface area contributed by atoms with Crippen molar-refractivity contribution in [2.24, 2.45) is 5.92 Å². The Morgan fingerprint density at radius 1 is 1.42 bits per heavy atom. The van der Waals surface area contributed by atoms with E-state index in [2.05, 4.69) is 31.2 Å². The molecule has 5 heteroatoms. The zero-order valence-corrected chi connectivity index (χ0v) is 12.0. The lowest BCUT2D eigenvalue weighted by Gasteiger charge is -2.01. The Kier molecular flexibility index (Phi) is 3.66. The Bertz CT molecular complexity index is 578. The third-order valence-electron chi connectivity index (χ3n) is 3.28. The van der Waals surface area contributed by atoms with E-state index >= 15 is 0 Å². The summed E-state index contributed by atoms with van der Waals surface area (Å²) in [6.45, 7) is 1.82. The highest BCUT2D eigenvalue weighted by Gasteiger charge is 2.20. The second kappa shape index (κ2) is 5.43. The molecule has 1 aromatic carbocycles. The molecule has 0 spiro atoms. The smallest absolute Gasteiger partial charge is 0.137 e. The maximum absolute atomic E-state index is 13.2. The first-order chi connectivity index (χ1) is 9.22. The largest absolute Gasteiger partial charge is 0.341 e. The number of rotatable bonds is 5. The van der Waals surface area contributed by atoms with Crippen molar-refractivity contribution in [2.45, 2.75) is 19.4 Å². The second-order valence-electron chi connectivity index (χ2n) is 4.95. The van der Waals surface area contributed by atoms with Crippen molar-refractivity contribution >= 4 is 15.9 Å². The van der Waals surface area contributed by atoms with Crippen molar-refractivity contribution in [3.63, 3.8) is 0 Å². The van der Waals surface area contributed by atoms with Gasteiger partial charge in [0.2, 0.25) is 0 Å². The van der Waals surface area contributed by atoms with Crippen molar-refractivity contribution in [3.05, 3.63) is 40.5 Å². The summed E-state index contributed by atoms with van der Waals surface area (Å²) in [6, 6.07) is 4.95. The first-order valence-electron chi connectivity index (χ1n) is 6.42. The molecule has 3 rings (SSSR count). The minimum atomic E-state index is -0.255. The molecule has 2 aromatic rings. The van der Waals surface area contributed by atoms with E-state index in [0.717, 1.165) is 36.1 Å². The summed E-state index contributed by atoms with van der Waals surface area (Å²) in [5.41, 5.74) is 1.83. The van der Waals surface area contributed by atoms with Gasteiger partial charge < -0.3 is 10.3 Å². The van der Waals surface area contributed by atoms with Crippen molar-refractivity contribution in [1.29, 1.82) is 0 Å². The third kappa shape index (κ3) is 3.22. The molecule has 0 unspecified atom stereocenters. The first kappa shape index (κ1) is 12.8. The molecule has 1 aliphatic rings. The lowest BCUT2D eigenvalue weighted by atomic mass is 10.2. The molecule has 0 amide bonds. The van der Waals surface area contributed by atoms with E-state index in [0.29, 0.717) is 4.47 Å². The Balaban J connectivity index is 1.67. The number of imidazole rings is 1. The Hall–Kier alpha value is -1.20. The summed E-state index contributed by atoms with van der Waals surface area (Å²) in [5.74, 6) is 1.52. The number of aromatic nitrogens is 2.